The number of ether oxygens (including phenoxy) is 1. The number of hydrogen-bond acceptors (Lipinski definition) is 3. The summed E-state index contributed by atoms with van der Waals surface area (Å²) in [5.74, 6) is 1.49. The summed E-state index contributed by atoms with van der Waals surface area (Å²) in [4.78, 5) is 27.9. The molecule has 0 aliphatic carbocycles. The lowest BCUT2D eigenvalue weighted by atomic mass is 9.99. The number of piperidine rings is 1. The molecule has 5 heteroatoms. The van der Waals surface area contributed by atoms with Gasteiger partial charge < -0.3 is 14.5 Å². The molecule has 0 atom stereocenters. The summed E-state index contributed by atoms with van der Waals surface area (Å²) in [5.41, 5.74) is 1.05. The normalized spacial score (nSPS) is 15.2. The molecule has 0 radical (unpaired) electrons. The van der Waals surface area contributed by atoms with E-state index in [2.05, 4.69) is 6.92 Å². The molecule has 0 N–H and O–H groups in total. The van der Waals surface area contributed by atoms with Gasteiger partial charge in [-0.1, -0.05) is 25.1 Å². The van der Waals surface area contributed by atoms with E-state index in [-0.39, 0.29) is 18.4 Å². The van der Waals surface area contributed by atoms with Crippen LogP contribution in [0.25, 0.3) is 0 Å². The summed E-state index contributed by atoms with van der Waals surface area (Å²) in [7, 11) is 1.64. The molecule has 2 rings (SSSR count). The third-order valence-corrected chi connectivity index (χ3v) is 4.75. The number of hydrogen-bond donors (Lipinski definition) is 0. The number of benzene rings is 1. The molecule has 0 bridgehead atoms. The highest BCUT2D eigenvalue weighted by Crippen LogP contribution is 2.19. The molecular weight excluding hydrogens is 304 g/mol. The van der Waals surface area contributed by atoms with Gasteiger partial charge in [0, 0.05) is 26.6 Å². The molecule has 24 heavy (non-hydrogen) atoms. The summed E-state index contributed by atoms with van der Waals surface area (Å²) in [6.07, 6.45) is 2.77. The molecule has 1 heterocycles. The second-order valence-electron chi connectivity index (χ2n) is 6.57. The van der Waals surface area contributed by atoms with E-state index in [9.17, 15) is 9.59 Å². The molecule has 1 aliphatic rings. The Morgan fingerprint density at radius 2 is 1.92 bits per heavy atom. The van der Waals surface area contributed by atoms with Crippen LogP contribution < -0.4 is 4.74 Å². The Bertz CT molecular complexity index is 565. The highest BCUT2D eigenvalue weighted by Gasteiger charge is 2.23. The van der Waals surface area contributed by atoms with Crippen LogP contribution in [0.2, 0.25) is 0 Å². The zero-order valence-electron chi connectivity index (χ0n) is 15.0. The van der Waals surface area contributed by atoms with Gasteiger partial charge in [0.05, 0.1) is 13.7 Å². The van der Waals surface area contributed by atoms with Crippen LogP contribution in [0.5, 0.6) is 5.75 Å². The summed E-state index contributed by atoms with van der Waals surface area (Å²) in [6, 6.07) is 7.78. The zero-order valence-corrected chi connectivity index (χ0v) is 15.0. The molecule has 0 saturated carbocycles. The van der Waals surface area contributed by atoms with Crippen molar-refractivity contribution < 1.29 is 14.3 Å². The molecule has 5 nitrogen and oxygen atoms in total. The van der Waals surface area contributed by atoms with Gasteiger partial charge >= 0.3 is 0 Å². The van der Waals surface area contributed by atoms with Gasteiger partial charge in [0.15, 0.2) is 0 Å². The van der Waals surface area contributed by atoms with Gasteiger partial charge in [0.1, 0.15) is 5.75 Å². The minimum absolute atomic E-state index is 0.0529. The molecule has 1 saturated heterocycles. The standard InChI is InChI=1S/C19H28N2O3/c1-15-8-11-20(12-9-15)19(23)14-21(16(2)22)13-10-17-6-4-5-7-18(17)24-3/h4-7,15H,8-14H2,1-3H3. The van der Waals surface area contributed by atoms with E-state index < -0.39 is 0 Å². The Balaban J connectivity index is 1.92. The van der Waals surface area contributed by atoms with Gasteiger partial charge in [0.2, 0.25) is 11.8 Å². The first kappa shape index (κ1) is 18.3. The minimum Gasteiger partial charge on any atom is -0.496 e. The first-order valence-electron chi connectivity index (χ1n) is 8.66. The van der Waals surface area contributed by atoms with E-state index in [4.69, 9.17) is 4.74 Å². The van der Waals surface area contributed by atoms with E-state index in [0.29, 0.717) is 18.9 Å². The van der Waals surface area contributed by atoms with Crippen molar-refractivity contribution in [2.24, 2.45) is 5.92 Å². The van der Waals surface area contributed by atoms with Gasteiger partial charge in [-0.2, -0.15) is 0 Å². The third-order valence-electron chi connectivity index (χ3n) is 4.75. The van der Waals surface area contributed by atoms with Gasteiger partial charge in [-0.25, -0.2) is 0 Å². The van der Waals surface area contributed by atoms with Crippen molar-refractivity contribution in [2.75, 3.05) is 33.3 Å². The molecule has 1 fully saturated rings. The number of amides is 2. The predicted octanol–water partition coefficient (Wildman–Crippen LogP) is 2.34. The largest absolute Gasteiger partial charge is 0.496 e. The van der Waals surface area contributed by atoms with Crippen molar-refractivity contribution in [1.29, 1.82) is 0 Å². The molecular formula is C19H28N2O3. The number of para-hydroxylation sites is 1. The highest BCUT2D eigenvalue weighted by atomic mass is 16.5. The van der Waals surface area contributed by atoms with E-state index >= 15 is 0 Å². The van der Waals surface area contributed by atoms with Gasteiger partial charge in [-0.15, -0.1) is 0 Å². The Kier molecular flexibility index (Phi) is 6.64. The number of carbonyl (C=O) groups excluding carboxylic acids is 2. The number of carbonyl (C=O) groups is 2. The summed E-state index contributed by atoms with van der Waals surface area (Å²) >= 11 is 0. The van der Waals surface area contributed by atoms with Gasteiger partial charge in [0.25, 0.3) is 0 Å². The average Bonchev–Trinajstić information content (AvgIpc) is 2.59. The molecule has 0 aromatic heterocycles. The quantitative estimate of drug-likeness (QED) is 0.803. The fourth-order valence-electron chi connectivity index (χ4n) is 3.03. The Labute approximate surface area is 144 Å². The van der Waals surface area contributed by atoms with Crippen molar-refractivity contribution in [1.82, 2.24) is 9.80 Å². The summed E-state index contributed by atoms with van der Waals surface area (Å²) in [6.45, 7) is 6.03. The Hall–Kier alpha value is -2.04. The maximum absolute atomic E-state index is 12.5. The van der Waals surface area contributed by atoms with Crippen molar-refractivity contribution in [3.63, 3.8) is 0 Å². The maximum atomic E-state index is 12.5. The van der Waals surface area contributed by atoms with Crippen LogP contribution in [0.3, 0.4) is 0 Å². The summed E-state index contributed by atoms with van der Waals surface area (Å²) in [5, 5.41) is 0. The second kappa shape index (κ2) is 8.71. The minimum atomic E-state index is -0.0661. The SMILES string of the molecule is COc1ccccc1CCN(CC(=O)N1CCC(C)CC1)C(C)=O. The summed E-state index contributed by atoms with van der Waals surface area (Å²) < 4.78 is 5.35. The lowest BCUT2D eigenvalue weighted by Crippen LogP contribution is -2.45. The van der Waals surface area contributed by atoms with E-state index in [1.807, 2.05) is 29.2 Å². The maximum Gasteiger partial charge on any atom is 0.242 e. The van der Waals surface area contributed by atoms with Crippen LogP contribution in [-0.2, 0) is 16.0 Å². The third kappa shape index (κ3) is 4.98. The van der Waals surface area contributed by atoms with Gasteiger partial charge in [-0.05, 0) is 36.8 Å². The Morgan fingerprint density at radius 1 is 1.25 bits per heavy atom. The molecule has 0 spiro atoms. The fourth-order valence-corrected chi connectivity index (χ4v) is 3.03. The van der Waals surface area contributed by atoms with Crippen LogP contribution in [-0.4, -0.2) is 54.9 Å². The van der Waals surface area contributed by atoms with Gasteiger partial charge in [-0.3, -0.25) is 9.59 Å². The molecule has 1 aromatic rings. The molecule has 1 aromatic carbocycles. The average molecular weight is 332 g/mol. The molecule has 0 unspecified atom stereocenters. The van der Waals surface area contributed by atoms with Crippen molar-refractivity contribution in [2.45, 2.75) is 33.1 Å². The molecule has 2 amide bonds. The van der Waals surface area contributed by atoms with Crippen LogP contribution in [0.4, 0.5) is 0 Å². The number of likely N-dealkylation sites (tertiary alicyclic amines) is 1. The highest BCUT2D eigenvalue weighted by molar-refractivity contribution is 5.83. The van der Waals surface area contributed by atoms with Crippen molar-refractivity contribution >= 4 is 11.8 Å². The number of rotatable bonds is 6. The molecule has 132 valence electrons. The first-order chi connectivity index (χ1) is 11.5. The molecule has 1 aliphatic heterocycles. The lowest BCUT2D eigenvalue weighted by molar-refractivity contribution is -0.140. The first-order valence-corrected chi connectivity index (χ1v) is 8.66. The van der Waals surface area contributed by atoms with E-state index in [1.54, 1.807) is 12.0 Å². The van der Waals surface area contributed by atoms with Crippen molar-refractivity contribution in [3.8, 4) is 5.75 Å². The number of methoxy groups -OCH3 is 1. The van der Waals surface area contributed by atoms with E-state index in [1.165, 1.54) is 6.92 Å². The van der Waals surface area contributed by atoms with Crippen molar-refractivity contribution in [3.05, 3.63) is 29.8 Å². The Morgan fingerprint density at radius 3 is 2.54 bits per heavy atom. The van der Waals surface area contributed by atoms with Crippen LogP contribution in [0.1, 0.15) is 32.3 Å². The zero-order chi connectivity index (χ0) is 17.5. The van der Waals surface area contributed by atoms with E-state index in [0.717, 1.165) is 37.2 Å². The second-order valence-corrected chi connectivity index (χ2v) is 6.57. The monoisotopic (exact) mass is 332 g/mol. The van der Waals surface area contributed by atoms with Crippen LogP contribution >= 0.6 is 0 Å². The lowest BCUT2D eigenvalue weighted by Gasteiger charge is -2.32. The topological polar surface area (TPSA) is 49.9 Å². The predicted molar refractivity (Wildman–Crippen MR) is 93.9 cm³/mol. The van der Waals surface area contributed by atoms with Crippen LogP contribution in [0.15, 0.2) is 24.3 Å². The fraction of sp³-hybridized carbons (Fsp3) is 0.579. The number of nitrogens with zero attached hydrogens (tertiary/aromatic N) is 2. The smallest absolute Gasteiger partial charge is 0.242 e. The van der Waals surface area contributed by atoms with Crippen LogP contribution in [0, 0.1) is 5.92 Å².